The maximum atomic E-state index is 9.76. The van der Waals surface area contributed by atoms with E-state index in [9.17, 15) is 5.11 Å². The molecule has 1 saturated carbocycles. The molecular formula is C13H27NO4. The standard InChI is InChI=1S/C13H27NO4/c1-3-17-7-8-18-10-11(15)9-14-12-5-4-6-13(12)16-2/h11-15H,3-10H2,1-2H3. The SMILES string of the molecule is CCOCCOCC(O)CNC1CCCC1OC. The second-order valence-electron chi connectivity index (χ2n) is 4.65. The maximum absolute atomic E-state index is 9.76. The third kappa shape index (κ3) is 6.11. The van der Waals surface area contributed by atoms with Crippen molar-refractivity contribution in [2.24, 2.45) is 0 Å². The maximum Gasteiger partial charge on any atom is 0.0897 e. The van der Waals surface area contributed by atoms with Crippen LogP contribution in [0.4, 0.5) is 0 Å². The van der Waals surface area contributed by atoms with Gasteiger partial charge in [-0.1, -0.05) is 0 Å². The van der Waals surface area contributed by atoms with E-state index in [1.54, 1.807) is 7.11 Å². The topological polar surface area (TPSA) is 60.0 Å². The molecule has 0 bridgehead atoms. The molecule has 0 spiro atoms. The second kappa shape index (κ2) is 9.69. The Bertz CT molecular complexity index is 203. The molecule has 0 aromatic heterocycles. The largest absolute Gasteiger partial charge is 0.389 e. The van der Waals surface area contributed by atoms with E-state index in [4.69, 9.17) is 14.2 Å². The van der Waals surface area contributed by atoms with E-state index in [2.05, 4.69) is 5.32 Å². The van der Waals surface area contributed by atoms with Crippen LogP contribution in [-0.4, -0.2) is 63.4 Å². The fourth-order valence-electron chi connectivity index (χ4n) is 2.27. The van der Waals surface area contributed by atoms with Gasteiger partial charge in [0.2, 0.25) is 0 Å². The van der Waals surface area contributed by atoms with Crippen LogP contribution in [-0.2, 0) is 14.2 Å². The van der Waals surface area contributed by atoms with Gasteiger partial charge in [0.1, 0.15) is 0 Å². The Morgan fingerprint density at radius 3 is 2.78 bits per heavy atom. The molecular weight excluding hydrogens is 234 g/mol. The molecule has 108 valence electrons. The van der Waals surface area contributed by atoms with E-state index in [0.717, 1.165) is 12.8 Å². The Kier molecular flexibility index (Phi) is 8.54. The number of hydrogen-bond donors (Lipinski definition) is 2. The van der Waals surface area contributed by atoms with Crippen LogP contribution in [0.15, 0.2) is 0 Å². The number of hydrogen-bond acceptors (Lipinski definition) is 5. The average molecular weight is 261 g/mol. The second-order valence-corrected chi connectivity index (χ2v) is 4.65. The Labute approximate surface area is 110 Å². The van der Waals surface area contributed by atoms with E-state index in [1.165, 1.54) is 6.42 Å². The third-order valence-electron chi connectivity index (χ3n) is 3.26. The molecule has 1 rings (SSSR count). The van der Waals surface area contributed by atoms with Gasteiger partial charge >= 0.3 is 0 Å². The summed E-state index contributed by atoms with van der Waals surface area (Å²) < 4.78 is 15.9. The van der Waals surface area contributed by atoms with Crippen LogP contribution >= 0.6 is 0 Å². The predicted molar refractivity (Wildman–Crippen MR) is 69.8 cm³/mol. The van der Waals surface area contributed by atoms with Crippen molar-refractivity contribution in [3.63, 3.8) is 0 Å². The van der Waals surface area contributed by atoms with Gasteiger partial charge < -0.3 is 24.6 Å². The van der Waals surface area contributed by atoms with E-state index in [-0.39, 0.29) is 6.10 Å². The van der Waals surface area contributed by atoms with Crippen molar-refractivity contribution in [2.45, 2.75) is 44.4 Å². The lowest BCUT2D eigenvalue weighted by Gasteiger charge is -2.21. The summed E-state index contributed by atoms with van der Waals surface area (Å²) in [6.45, 7) is 4.68. The first-order chi connectivity index (χ1) is 8.77. The summed E-state index contributed by atoms with van der Waals surface area (Å²) in [6, 6.07) is 0.369. The molecule has 18 heavy (non-hydrogen) atoms. The number of nitrogens with one attached hydrogen (secondary N) is 1. The van der Waals surface area contributed by atoms with Crippen LogP contribution in [0.2, 0.25) is 0 Å². The highest BCUT2D eigenvalue weighted by Crippen LogP contribution is 2.21. The molecule has 3 unspecified atom stereocenters. The van der Waals surface area contributed by atoms with Crippen molar-refractivity contribution in [1.29, 1.82) is 0 Å². The van der Waals surface area contributed by atoms with Crippen molar-refractivity contribution in [2.75, 3.05) is 40.1 Å². The minimum atomic E-state index is -0.468. The Balaban J connectivity index is 2.00. The van der Waals surface area contributed by atoms with Gasteiger partial charge in [-0.25, -0.2) is 0 Å². The van der Waals surface area contributed by atoms with Crippen molar-refractivity contribution >= 4 is 0 Å². The molecule has 5 nitrogen and oxygen atoms in total. The molecule has 0 aromatic rings. The quantitative estimate of drug-likeness (QED) is 0.563. The summed E-state index contributed by atoms with van der Waals surface area (Å²) in [4.78, 5) is 0. The molecule has 0 amide bonds. The van der Waals surface area contributed by atoms with Crippen molar-refractivity contribution in [3.05, 3.63) is 0 Å². The summed E-state index contributed by atoms with van der Waals surface area (Å²) in [6.07, 6.45) is 3.24. The van der Waals surface area contributed by atoms with E-state index in [1.807, 2.05) is 6.92 Å². The summed E-state index contributed by atoms with van der Waals surface area (Å²) in [5, 5.41) is 13.1. The van der Waals surface area contributed by atoms with Gasteiger partial charge in [-0.2, -0.15) is 0 Å². The van der Waals surface area contributed by atoms with Crippen LogP contribution in [0.1, 0.15) is 26.2 Å². The first-order valence-electron chi connectivity index (χ1n) is 6.87. The molecule has 5 heteroatoms. The number of aliphatic hydroxyl groups excluding tert-OH is 1. The molecule has 0 saturated heterocycles. The number of methoxy groups -OCH3 is 1. The zero-order valence-electron chi connectivity index (χ0n) is 11.6. The third-order valence-corrected chi connectivity index (χ3v) is 3.26. The zero-order chi connectivity index (χ0) is 13.2. The van der Waals surface area contributed by atoms with Crippen LogP contribution < -0.4 is 5.32 Å². The minimum absolute atomic E-state index is 0.288. The van der Waals surface area contributed by atoms with Gasteiger partial charge in [-0.3, -0.25) is 0 Å². The number of rotatable bonds is 10. The molecule has 0 radical (unpaired) electrons. The van der Waals surface area contributed by atoms with Gasteiger partial charge in [-0.05, 0) is 26.2 Å². The van der Waals surface area contributed by atoms with Crippen LogP contribution in [0, 0.1) is 0 Å². The van der Waals surface area contributed by atoms with Gasteiger partial charge in [0.05, 0.1) is 32.0 Å². The average Bonchev–Trinajstić information content (AvgIpc) is 2.83. The molecule has 0 aromatic carbocycles. The molecule has 0 heterocycles. The predicted octanol–water partition coefficient (Wildman–Crippen LogP) is 0.558. The molecule has 3 atom stereocenters. The van der Waals surface area contributed by atoms with Gasteiger partial charge in [0, 0.05) is 26.3 Å². The monoisotopic (exact) mass is 261 g/mol. The normalized spacial score (nSPS) is 25.5. The van der Waals surface area contributed by atoms with Gasteiger partial charge in [0.25, 0.3) is 0 Å². The summed E-state index contributed by atoms with van der Waals surface area (Å²) in [5.41, 5.74) is 0. The van der Waals surface area contributed by atoms with Crippen molar-refractivity contribution in [3.8, 4) is 0 Å². The Morgan fingerprint density at radius 1 is 1.28 bits per heavy atom. The minimum Gasteiger partial charge on any atom is -0.389 e. The van der Waals surface area contributed by atoms with Crippen molar-refractivity contribution in [1.82, 2.24) is 5.32 Å². The molecule has 0 aliphatic heterocycles. The van der Waals surface area contributed by atoms with Crippen molar-refractivity contribution < 1.29 is 19.3 Å². The van der Waals surface area contributed by atoms with Crippen LogP contribution in [0.25, 0.3) is 0 Å². The summed E-state index contributed by atoms with van der Waals surface area (Å²) >= 11 is 0. The van der Waals surface area contributed by atoms with Crippen LogP contribution in [0.5, 0.6) is 0 Å². The highest BCUT2D eigenvalue weighted by atomic mass is 16.5. The van der Waals surface area contributed by atoms with Gasteiger partial charge in [0.15, 0.2) is 0 Å². The molecule has 1 aliphatic rings. The smallest absolute Gasteiger partial charge is 0.0897 e. The Morgan fingerprint density at radius 2 is 2.06 bits per heavy atom. The fourth-order valence-corrected chi connectivity index (χ4v) is 2.27. The highest BCUT2D eigenvalue weighted by molar-refractivity contribution is 4.84. The Hall–Kier alpha value is -0.200. The van der Waals surface area contributed by atoms with Gasteiger partial charge in [-0.15, -0.1) is 0 Å². The molecule has 2 N–H and O–H groups in total. The first kappa shape index (κ1) is 15.9. The van der Waals surface area contributed by atoms with Crippen LogP contribution in [0.3, 0.4) is 0 Å². The summed E-state index contributed by atoms with van der Waals surface area (Å²) in [7, 11) is 1.75. The lowest BCUT2D eigenvalue weighted by atomic mass is 10.2. The lowest BCUT2D eigenvalue weighted by molar-refractivity contribution is 0.00337. The lowest BCUT2D eigenvalue weighted by Crippen LogP contribution is -2.42. The van der Waals surface area contributed by atoms with E-state index in [0.29, 0.717) is 39.0 Å². The molecule has 1 aliphatic carbocycles. The number of ether oxygens (including phenoxy) is 3. The zero-order valence-corrected chi connectivity index (χ0v) is 11.6. The first-order valence-corrected chi connectivity index (χ1v) is 6.87. The molecule has 1 fully saturated rings. The fraction of sp³-hybridized carbons (Fsp3) is 1.00. The summed E-state index contributed by atoms with van der Waals surface area (Å²) in [5.74, 6) is 0. The highest BCUT2D eigenvalue weighted by Gasteiger charge is 2.26. The van der Waals surface area contributed by atoms with E-state index < -0.39 is 6.10 Å². The van der Waals surface area contributed by atoms with E-state index >= 15 is 0 Å². The number of aliphatic hydroxyl groups is 1.